The molecule has 0 aromatic rings. The first-order chi connectivity index (χ1) is 8.71. The highest BCUT2D eigenvalue weighted by atomic mass is 16.5. The summed E-state index contributed by atoms with van der Waals surface area (Å²) in [5.74, 6) is 0.448. The van der Waals surface area contributed by atoms with Crippen LogP contribution in [0.15, 0.2) is 11.3 Å². The standard InChI is InChI=1S/C16H26O3/c1-7-8-9-10-11-12(17)15(2,3)14(18)16(4,5)13(11)19-6/h7-10H2,1-6H3. The third-order valence-corrected chi connectivity index (χ3v) is 4.05. The van der Waals surface area contributed by atoms with Gasteiger partial charge in [-0.3, -0.25) is 9.59 Å². The van der Waals surface area contributed by atoms with Crippen LogP contribution >= 0.6 is 0 Å². The Balaban J connectivity index is 3.25. The van der Waals surface area contributed by atoms with E-state index in [9.17, 15) is 9.59 Å². The average Bonchev–Trinajstić information content (AvgIpc) is 2.34. The maximum atomic E-state index is 12.6. The molecule has 1 aliphatic carbocycles. The second-order valence-electron chi connectivity index (χ2n) is 6.38. The molecule has 0 atom stereocenters. The fraction of sp³-hybridized carbons (Fsp3) is 0.750. The van der Waals surface area contributed by atoms with Crippen LogP contribution in [0.5, 0.6) is 0 Å². The van der Waals surface area contributed by atoms with Gasteiger partial charge >= 0.3 is 0 Å². The number of hydrogen-bond acceptors (Lipinski definition) is 3. The fourth-order valence-electron chi connectivity index (χ4n) is 3.00. The highest BCUT2D eigenvalue weighted by Gasteiger charge is 2.53. The minimum absolute atomic E-state index is 0.0545. The molecule has 0 bridgehead atoms. The summed E-state index contributed by atoms with van der Waals surface area (Å²) in [6.07, 6.45) is 3.86. The van der Waals surface area contributed by atoms with Gasteiger partial charge in [0.15, 0.2) is 11.6 Å². The number of unbranched alkanes of at least 4 members (excludes halogenated alkanes) is 2. The molecule has 108 valence electrons. The van der Waals surface area contributed by atoms with E-state index >= 15 is 0 Å². The van der Waals surface area contributed by atoms with Crippen molar-refractivity contribution in [2.24, 2.45) is 10.8 Å². The molecule has 0 heterocycles. The number of carbonyl (C=O) groups is 2. The Hall–Kier alpha value is -1.12. The van der Waals surface area contributed by atoms with Crippen molar-refractivity contribution in [2.45, 2.75) is 60.3 Å². The summed E-state index contributed by atoms with van der Waals surface area (Å²) in [5.41, 5.74) is -0.939. The molecule has 0 saturated heterocycles. The summed E-state index contributed by atoms with van der Waals surface area (Å²) in [6, 6.07) is 0. The van der Waals surface area contributed by atoms with Crippen molar-refractivity contribution in [3.63, 3.8) is 0 Å². The van der Waals surface area contributed by atoms with Gasteiger partial charge in [0.1, 0.15) is 5.76 Å². The molecule has 0 unspecified atom stereocenters. The summed E-state index contributed by atoms with van der Waals surface area (Å²) in [6.45, 7) is 9.29. The second kappa shape index (κ2) is 5.48. The van der Waals surface area contributed by atoms with Crippen LogP contribution in [0.3, 0.4) is 0 Å². The number of hydrogen-bond donors (Lipinski definition) is 0. The van der Waals surface area contributed by atoms with E-state index in [1.165, 1.54) is 0 Å². The lowest BCUT2D eigenvalue weighted by molar-refractivity contribution is -0.145. The van der Waals surface area contributed by atoms with E-state index < -0.39 is 10.8 Å². The Labute approximate surface area is 116 Å². The van der Waals surface area contributed by atoms with Crippen LogP contribution in [-0.2, 0) is 14.3 Å². The van der Waals surface area contributed by atoms with E-state index in [0.29, 0.717) is 17.8 Å². The Morgan fingerprint density at radius 3 is 2.05 bits per heavy atom. The molecule has 3 nitrogen and oxygen atoms in total. The van der Waals surface area contributed by atoms with E-state index in [1.54, 1.807) is 21.0 Å². The Bertz CT molecular complexity index is 414. The predicted molar refractivity (Wildman–Crippen MR) is 75.8 cm³/mol. The van der Waals surface area contributed by atoms with Gasteiger partial charge in [0.25, 0.3) is 0 Å². The van der Waals surface area contributed by atoms with Gasteiger partial charge in [-0.15, -0.1) is 0 Å². The molecular formula is C16H26O3. The summed E-state index contributed by atoms with van der Waals surface area (Å²) < 4.78 is 5.42. The van der Waals surface area contributed by atoms with E-state index in [4.69, 9.17) is 4.74 Å². The van der Waals surface area contributed by atoms with Gasteiger partial charge < -0.3 is 4.74 Å². The van der Waals surface area contributed by atoms with Crippen molar-refractivity contribution in [3.8, 4) is 0 Å². The molecule has 0 radical (unpaired) electrons. The lowest BCUT2D eigenvalue weighted by Gasteiger charge is -2.39. The number of Topliss-reactive ketones (excluding diaryl/α,β-unsaturated/α-hetero) is 2. The van der Waals surface area contributed by atoms with Gasteiger partial charge in [-0.2, -0.15) is 0 Å². The van der Waals surface area contributed by atoms with Gasteiger partial charge in [0, 0.05) is 5.57 Å². The molecule has 0 saturated carbocycles. The SMILES string of the molecule is CCCCCC1=C(OC)C(C)(C)C(=O)C(C)(C)C1=O. The summed E-state index contributed by atoms with van der Waals surface area (Å²) in [7, 11) is 1.55. The summed E-state index contributed by atoms with van der Waals surface area (Å²) >= 11 is 0. The Morgan fingerprint density at radius 2 is 1.58 bits per heavy atom. The van der Waals surface area contributed by atoms with Crippen LogP contribution in [0.1, 0.15) is 60.3 Å². The molecule has 0 amide bonds. The lowest BCUT2D eigenvalue weighted by atomic mass is 9.63. The minimum Gasteiger partial charge on any atom is -0.500 e. The monoisotopic (exact) mass is 266 g/mol. The number of rotatable bonds is 5. The first-order valence-electron chi connectivity index (χ1n) is 7.08. The highest BCUT2D eigenvalue weighted by Crippen LogP contribution is 2.45. The molecular weight excluding hydrogens is 240 g/mol. The molecule has 1 rings (SSSR count). The van der Waals surface area contributed by atoms with Crippen molar-refractivity contribution < 1.29 is 14.3 Å². The average molecular weight is 266 g/mol. The number of ether oxygens (including phenoxy) is 1. The normalized spacial score (nSPS) is 21.8. The number of carbonyl (C=O) groups excluding carboxylic acids is 2. The van der Waals surface area contributed by atoms with Crippen molar-refractivity contribution in [3.05, 3.63) is 11.3 Å². The van der Waals surface area contributed by atoms with Gasteiger partial charge in [-0.25, -0.2) is 0 Å². The quantitative estimate of drug-likeness (QED) is 0.563. The van der Waals surface area contributed by atoms with Crippen LogP contribution in [0.2, 0.25) is 0 Å². The number of ketones is 2. The van der Waals surface area contributed by atoms with Crippen molar-refractivity contribution in [1.29, 1.82) is 0 Å². The van der Waals surface area contributed by atoms with E-state index in [0.717, 1.165) is 19.3 Å². The summed E-state index contributed by atoms with van der Waals surface area (Å²) in [5, 5.41) is 0. The van der Waals surface area contributed by atoms with E-state index in [-0.39, 0.29) is 11.6 Å². The zero-order chi connectivity index (χ0) is 14.8. The maximum Gasteiger partial charge on any atom is 0.175 e. The largest absolute Gasteiger partial charge is 0.500 e. The van der Waals surface area contributed by atoms with Crippen molar-refractivity contribution in [2.75, 3.05) is 7.11 Å². The van der Waals surface area contributed by atoms with Crippen LogP contribution in [-0.4, -0.2) is 18.7 Å². The van der Waals surface area contributed by atoms with Crippen LogP contribution in [0.25, 0.3) is 0 Å². The lowest BCUT2D eigenvalue weighted by Crippen LogP contribution is -2.49. The first-order valence-corrected chi connectivity index (χ1v) is 7.08. The highest BCUT2D eigenvalue weighted by molar-refractivity contribution is 6.18. The summed E-state index contributed by atoms with van der Waals surface area (Å²) in [4.78, 5) is 25.0. The Kier molecular flexibility index (Phi) is 4.59. The molecule has 0 aliphatic heterocycles. The van der Waals surface area contributed by atoms with Crippen molar-refractivity contribution in [1.82, 2.24) is 0 Å². The third kappa shape index (κ3) is 2.60. The molecule has 0 fully saturated rings. The fourth-order valence-corrected chi connectivity index (χ4v) is 3.00. The zero-order valence-electron chi connectivity index (χ0n) is 13.1. The van der Waals surface area contributed by atoms with Gasteiger partial charge in [0.05, 0.1) is 17.9 Å². The van der Waals surface area contributed by atoms with Crippen LogP contribution < -0.4 is 0 Å². The molecule has 1 aliphatic rings. The van der Waals surface area contributed by atoms with Gasteiger partial charge in [-0.1, -0.05) is 19.8 Å². The second-order valence-corrected chi connectivity index (χ2v) is 6.38. The van der Waals surface area contributed by atoms with Gasteiger partial charge in [-0.05, 0) is 40.5 Å². The number of allylic oxidation sites excluding steroid dienone is 2. The smallest absolute Gasteiger partial charge is 0.175 e. The molecule has 0 spiro atoms. The maximum absolute atomic E-state index is 12.6. The zero-order valence-corrected chi connectivity index (χ0v) is 13.1. The topological polar surface area (TPSA) is 43.4 Å². The predicted octanol–water partition coefficient (Wildman–Crippen LogP) is 3.67. The third-order valence-electron chi connectivity index (χ3n) is 4.05. The van der Waals surface area contributed by atoms with Gasteiger partial charge in [0.2, 0.25) is 0 Å². The molecule has 3 heteroatoms. The number of methoxy groups -OCH3 is 1. The van der Waals surface area contributed by atoms with E-state index in [2.05, 4.69) is 6.92 Å². The van der Waals surface area contributed by atoms with Crippen LogP contribution in [0, 0.1) is 10.8 Å². The van der Waals surface area contributed by atoms with E-state index in [1.807, 2.05) is 13.8 Å². The molecule has 0 aromatic carbocycles. The van der Waals surface area contributed by atoms with Crippen molar-refractivity contribution >= 4 is 11.6 Å². The minimum atomic E-state index is -0.937. The Morgan fingerprint density at radius 1 is 1.00 bits per heavy atom. The van der Waals surface area contributed by atoms with Crippen LogP contribution in [0.4, 0.5) is 0 Å². The molecule has 0 aromatic heterocycles. The molecule has 0 N–H and O–H groups in total. The first kappa shape index (κ1) is 15.9. The molecule has 19 heavy (non-hydrogen) atoms.